The Morgan fingerprint density at radius 2 is 1.82 bits per heavy atom. The van der Waals surface area contributed by atoms with E-state index in [9.17, 15) is 14.8 Å². The fourth-order valence-corrected chi connectivity index (χ4v) is 4.47. The zero-order chi connectivity index (χ0) is 27.6. The van der Waals surface area contributed by atoms with Gasteiger partial charge >= 0.3 is 7.32 Å². The van der Waals surface area contributed by atoms with Gasteiger partial charge in [-0.3, -0.25) is 14.4 Å². The van der Waals surface area contributed by atoms with Crippen LogP contribution in [0.2, 0.25) is 0 Å². The van der Waals surface area contributed by atoms with Crippen molar-refractivity contribution in [2.45, 2.75) is 33.0 Å². The Kier molecular flexibility index (Phi) is 10.5. The predicted molar refractivity (Wildman–Crippen MR) is 149 cm³/mol. The first-order valence-electron chi connectivity index (χ1n) is 13.3. The van der Waals surface area contributed by atoms with Crippen LogP contribution >= 0.6 is 0 Å². The van der Waals surface area contributed by atoms with Crippen LogP contribution in [0.25, 0.3) is 22.5 Å². The number of rotatable bonds is 13. The van der Waals surface area contributed by atoms with Crippen molar-refractivity contribution in [3.05, 3.63) is 60.7 Å². The second kappa shape index (κ2) is 14.3. The van der Waals surface area contributed by atoms with E-state index in [4.69, 9.17) is 19.2 Å². The molecule has 1 aliphatic heterocycles. The van der Waals surface area contributed by atoms with Gasteiger partial charge in [-0.1, -0.05) is 56.3 Å². The zero-order valence-electron chi connectivity index (χ0n) is 22.5. The minimum Gasteiger partial charge on any atom is -0.492 e. The Morgan fingerprint density at radius 1 is 1.08 bits per heavy atom. The van der Waals surface area contributed by atoms with Crippen molar-refractivity contribution < 1.29 is 29.0 Å². The lowest BCUT2D eigenvalue weighted by Gasteiger charge is -2.26. The third-order valence-corrected chi connectivity index (χ3v) is 6.35. The second-order valence-corrected chi connectivity index (χ2v) is 9.92. The minimum absolute atomic E-state index is 0.0700. The number of benzene rings is 2. The molecule has 0 spiro atoms. The lowest BCUT2D eigenvalue weighted by atomic mass is 10.1. The van der Waals surface area contributed by atoms with Gasteiger partial charge in [0.15, 0.2) is 0 Å². The molecule has 4 rings (SSSR count). The van der Waals surface area contributed by atoms with E-state index in [0.29, 0.717) is 18.7 Å². The van der Waals surface area contributed by atoms with E-state index in [-0.39, 0.29) is 18.4 Å². The minimum atomic E-state index is -1.98. The molecule has 10 nitrogen and oxygen atoms in total. The maximum absolute atomic E-state index is 13.0. The highest BCUT2D eigenvalue weighted by Gasteiger charge is 2.22. The van der Waals surface area contributed by atoms with Crippen molar-refractivity contribution in [2.24, 2.45) is 5.92 Å². The number of hydrogen-bond donors (Lipinski definition) is 3. The summed E-state index contributed by atoms with van der Waals surface area (Å²) in [6.45, 7) is 8.62. The van der Waals surface area contributed by atoms with Crippen molar-refractivity contribution in [1.82, 2.24) is 20.0 Å². The van der Waals surface area contributed by atoms with Gasteiger partial charge < -0.3 is 29.5 Å². The molecule has 1 fully saturated rings. The Balaban J connectivity index is 1.50. The van der Waals surface area contributed by atoms with Crippen LogP contribution in [0.5, 0.6) is 5.75 Å². The van der Waals surface area contributed by atoms with E-state index < -0.39 is 13.5 Å². The van der Waals surface area contributed by atoms with E-state index in [1.165, 1.54) is 0 Å². The van der Waals surface area contributed by atoms with Gasteiger partial charge in [0, 0.05) is 25.2 Å². The van der Waals surface area contributed by atoms with Crippen LogP contribution in [-0.2, 0) is 20.7 Å². The molecule has 39 heavy (non-hydrogen) atoms. The molecule has 3 aromatic rings. The normalized spacial score (nSPS) is 14.8. The Bertz CT molecular complexity index is 1170. The van der Waals surface area contributed by atoms with E-state index in [1.54, 1.807) is 4.68 Å². The highest BCUT2D eigenvalue weighted by molar-refractivity contribution is 6.32. The number of hydrogen-bond acceptors (Lipinski definition) is 8. The number of aromatic nitrogens is 2. The monoisotopic (exact) mass is 536 g/mol. The molecule has 2 heterocycles. The van der Waals surface area contributed by atoms with Crippen LogP contribution < -0.4 is 10.1 Å². The molecular formula is C28H37BN4O6. The predicted octanol–water partition coefficient (Wildman–Crippen LogP) is 2.40. The Hall–Kier alpha value is -3.22. The van der Waals surface area contributed by atoms with Gasteiger partial charge in [-0.05, 0) is 36.1 Å². The van der Waals surface area contributed by atoms with Gasteiger partial charge in [-0.2, -0.15) is 5.10 Å². The first-order chi connectivity index (χ1) is 18.9. The van der Waals surface area contributed by atoms with Crippen LogP contribution in [0.1, 0.15) is 20.3 Å². The quantitative estimate of drug-likeness (QED) is 0.225. The highest BCUT2D eigenvalue weighted by atomic mass is 16.6. The summed E-state index contributed by atoms with van der Waals surface area (Å²) in [5.41, 5.74) is 3.28. The third kappa shape index (κ3) is 8.91. The average molecular weight is 536 g/mol. The zero-order valence-corrected chi connectivity index (χ0v) is 22.5. The number of amides is 1. The highest BCUT2D eigenvalue weighted by Crippen LogP contribution is 2.28. The standard InChI is InChI=1S/C28H37BN4O6/c1-21(2)17-28(39-29(35)36)30-27(34)20-33-26(22-7-4-3-5-8-22)19-25(31-33)23-9-6-10-24(18-23)38-16-13-32-11-14-37-15-12-32/h3-10,18-19,21,28,35-36H,11-17,20H2,1-2H3,(H,30,34). The molecule has 1 unspecified atom stereocenters. The molecule has 1 atom stereocenters. The number of morpholine rings is 1. The number of carbonyl (C=O) groups is 1. The average Bonchev–Trinajstić information content (AvgIpc) is 3.33. The van der Waals surface area contributed by atoms with E-state index >= 15 is 0 Å². The summed E-state index contributed by atoms with van der Waals surface area (Å²) in [6.07, 6.45) is -0.406. The van der Waals surface area contributed by atoms with Gasteiger partial charge in [0.05, 0.1) is 24.6 Å². The smallest absolute Gasteiger partial charge is 0.492 e. The molecule has 1 aromatic heterocycles. The van der Waals surface area contributed by atoms with E-state index in [1.807, 2.05) is 74.5 Å². The molecule has 3 N–H and O–H groups in total. The number of carbonyl (C=O) groups excluding carboxylic acids is 1. The molecule has 1 saturated heterocycles. The third-order valence-electron chi connectivity index (χ3n) is 6.35. The van der Waals surface area contributed by atoms with Crippen LogP contribution in [0.4, 0.5) is 0 Å². The van der Waals surface area contributed by atoms with Crippen molar-refractivity contribution in [2.75, 3.05) is 39.5 Å². The molecule has 0 bridgehead atoms. The number of ether oxygens (including phenoxy) is 2. The van der Waals surface area contributed by atoms with Crippen LogP contribution in [0.15, 0.2) is 60.7 Å². The lowest BCUT2D eigenvalue weighted by Crippen LogP contribution is -2.43. The molecule has 0 radical (unpaired) electrons. The molecule has 208 valence electrons. The van der Waals surface area contributed by atoms with Crippen LogP contribution in [-0.4, -0.2) is 83.6 Å². The maximum Gasteiger partial charge on any atom is 0.635 e. The van der Waals surface area contributed by atoms with Crippen molar-refractivity contribution in [1.29, 1.82) is 0 Å². The Labute approximate surface area is 229 Å². The summed E-state index contributed by atoms with van der Waals surface area (Å²) in [4.78, 5) is 15.3. The van der Waals surface area contributed by atoms with Crippen molar-refractivity contribution in [3.63, 3.8) is 0 Å². The topological polar surface area (TPSA) is 118 Å². The summed E-state index contributed by atoms with van der Waals surface area (Å²) in [6, 6.07) is 19.5. The summed E-state index contributed by atoms with van der Waals surface area (Å²) in [7, 11) is -1.98. The molecule has 1 amide bonds. The summed E-state index contributed by atoms with van der Waals surface area (Å²) in [5.74, 6) is 0.576. The van der Waals surface area contributed by atoms with Crippen molar-refractivity contribution in [3.8, 4) is 28.3 Å². The van der Waals surface area contributed by atoms with Gasteiger partial charge in [0.1, 0.15) is 25.1 Å². The fourth-order valence-electron chi connectivity index (χ4n) is 4.47. The molecule has 11 heteroatoms. The summed E-state index contributed by atoms with van der Waals surface area (Å²) in [5, 5.41) is 26.0. The van der Waals surface area contributed by atoms with Crippen LogP contribution in [0, 0.1) is 5.92 Å². The van der Waals surface area contributed by atoms with Gasteiger partial charge in [0.2, 0.25) is 5.91 Å². The van der Waals surface area contributed by atoms with E-state index in [0.717, 1.165) is 55.4 Å². The first-order valence-corrected chi connectivity index (χ1v) is 13.3. The number of nitrogens with one attached hydrogen (secondary N) is 1. The summed E-state index contributed by atoms with van der Waals surface area (Å²) < 4.78 is 18.1. The number of nitrogens with zero attached hydrogens (tertiary/aromatic N) is 3. The Morgan fingerprint density at radius 3 is 2.54 bits per heavy atom. The molecule has 1 aliphatic rings. The second-order valence-electron chi connectivity index (χ2n) is 9.92. The van der Waals surface area contributed by atoms with Gasteiger partial charge in [-0.15, -0.1) is 0 Å². The summed E-state index contributed by atoms with van der Waals surface area (Å²) >= 11 is 0. The maximum atomic E-state index is 13.0. The van der Waals surface area contributed by atoms with Crippen LogP contribution in [0.3, 0.4) is 0 Å². The SMILES string of the molecule is CC(C)CC(NC(=O)Cn1nc(-c2cccc(OCCN3CCOCC3)c2)cc1-c1ccccc1)OB(O)O. The molecular weight excluding hydrogens is 499 g/mol. The van der Waals surface area contributed by atoms with E-state index in [2.05, 4.69) is 10.2 Å². The first kappa shape index (κ1) is 28.8. The van der Waals surface area contributed by atoms with Gasteiger partial charge in [0.25, 0.3) is 0 Å². The molecule has 0 saturated carbocycles. The molecule has 0 aliphatic carbocycles. The van der Waals surface area contributed by atoms with Gasteiger partial charge in [-0.25, -0.2) is 0 Å². The lowest BCUT2D eigenvalue weighted by molar-refractivity contribution is -0.125. The molecule has 2 aromatic carbocycles. The fraction of sp³-hybridized carbons (Fsp3) is 0.429. The van der Waals surface area contributed by atoms with Crippen molar-refractivity contribution >= 4 is 13.2 Å². The largest absolute Gasteiger partial charge is 0.635 e.